The molecule has 1 aliphatic carbocycles. The van der Waals surface area contributed by atoms with Crippen molar-refractivity contribution in [3.8, 4) is 0 Å². The van der Waals surface area contributed by atoms with Crippen molar-refractivity contribution in [1.82, 2.24) is 19.4 Å². The summed E-state index contributed by atoms with van der Waals surface area (Å²) in [6.45, 7) is 2.50. The van der Waals surface area contributed by atoms with Crippen LogP contribution < -0.4 is 0 Å². The topological polar surface area (TPSA) is 51.0 Å². The van der Waals surface area contributed by atoms with E-state index in [2.05, 4.69) is 24.8 Å². The number of piperidine rings is 1. The quantitative estimate of drug-likeness (QED) is 0.819. The molecule has 2 aliphatic rings. The Morgan fingerprint density at radius 3 is 2.88 bits per heavy atom. The molecule has 2 aromatic rings. The van der Waals surface area contributed by atoms with Crippen LogP contribution in [0.4, 0.5) is 0 Å². The summed E-state index contributed by atoms with van der Waals surface area (Å²) in [4.78, 5) is 23.8. The van der Waals surface area contributed by atoms with Crippen LogP contribution in [-0.2, 0) is 11.3 Å². The van der Waals surface area contributed by atoms with E-state index in [-0.39, 0.29) is 0 Å². The minimum atomic E-state index is 0.343. The van der Waals surface area contributed by atoms with Gasteiger partial charge in [0, 0.05) is 43.2 Å². The Morgan fingerprint density at radius 2 is 2.08 bits per heavy atom. The molecule has 0 radical (unpaired) electrons. The molecule has 0 bridgehead atoms. The number of likely N-dealkylation sites (tertiary alicyclic amines) is 1. The number of thiazole rings is 1. The zero-order valence-electron chi connectivity index (χ0n) is 14.6. The zero-order chi connectivity index (χ0) is 17.1. The molecule has 25 heavy (non-hydrogen) atoms. The smallest absolute Gasteiger partial charge is 0.222 e. The van der Waals surface area contributed by atoms with E-state index in [1.54, 1.807) is 11.3 Å². The third-order valence-corrected chi connectivity index (χ3v) is 6.28. The maximum atomic E-state index is 12.7. The Kier molecular flexibility index (Phi) is 5.15. The number of hydrogen-bond acceptors (Lipinski definition) is 4. The third-order valence-electron chi connectivity index (χ3n) is 5.64. The number of nitrogens with zero attached hydrogens (tertiary/aromatic N) is 4. The van der Waals surface area contributed by atoms with Crippen molar-refractivity contribution in [1.29, 1.82) is 0 Å². The monoisotopic (exact) mass is 358 g/mol. The lowest BCUT2D eigenvalue weighted by molar-refractivity contribution is -0.133. The fraction of sp³-hybridized carbons (Fsp3) is 0.632. The maximum absolute atomic E-state index is 12.7. The largest absolute Gasteiger partial charge is 0.342 e. The highest BCUT2D eigenvalue weighted by Gasteiger charge is 2.29. The first-order valence-electron chi connectivity index (χ1n) is 9.45. The molecule has 1 saturated carbocycles. The Hall–Kier alpha value is -1.69. The van der Waals surface area contributed by atoms with Gasteiger partial charge in [0.2, 0.25) is 5.91 Å². The van der Waals surface area contributed by atoms with Gasteiger partial charge in [0.25, 0.3) is 0 Å². The summed E-state index contributed by atoms with van der Waals surface area (Å²) in [6, 6.07) is 0. The van der Waals surface area contributed by atoms with E-state index in [0.717, 1.165) is 50.4 Å². The molecule has 0 spiro atoms. The zero-order valence-corrected chi connectivity index (χ0v) is 15.5. The molecule has 5 nitrogen and oxygen atoms in total. The lowest BCUT2D eigenvalue weighted by Gasteiger charge is -2.33. The minimum absolute atomic E-state index is 0.343. The molecule has 3 heterocycles. The summed E-state index contributed by atoms with van der Waals surface area (Å²) in [7, 11) is 0. The summed E-state index contributed by atoms with van der Waals surface area (Å²) < 4.78 is 2.20. The summed E-state index contributed by atoms with van der Waals surface area (Å²) >= 11 is 1.62. The fourth-order valence-electron chi connectivity index (χ4n) is 4.31. The maximum Gasteiger partial charge on any atom is 0.222 e. The Balaban J connectivity index is 1.41. The lowest BCUT2D eigenvalue weighted by Crippen LogP contribution is -2.40. The molecule has 6 heteroatoms. The van der Waals surface area contributed by atoms with Crippen LogP contribution in [0.1, 0.15) is 62.4 Å². The molecule has 1 atom stereocenters. The van der Waals surface area contributed by atoms with Crippen LogP contribution in [0.2, 0.25) is 0 Å². The number of carbonyl (C=O) groups is 1. The van der Waals surface area contributed by atoms with E-state index in [1.165, 1.54) is 25.7 Å². The molecular formula is C19H26N4OS. The van der Waals surface area contributed by atoms with Crippen LogP contribution in [0.25, 0.3) is 0 Å². The lowest BCUT2D eigenvalue weighted by atomic mass is 9.95. The number of rotatable bonds is 5. The Morgan fingerprint density at radius 1 is 1.20 bits per heavy atom. The van der Waals surface area contributed by atoms with Gasteiger partial charge in [-0.15, -0.1) is 11.3 Å². The van der Waals surface area contributed by atoms with Crippen LogP contribution in [0.5, 0.6) is 0 Å². The second-order valence-electron chi connectivity index (χ2n) is 7.43. The van der Waals surface area contributed by atoms with Crippen molar-refractivity contribution in [2.75, 3.05) is 13.1 Å². The second kappa shape index (κ2) is 7.68. The Bertz CT molecular complexity index is 690. The van der Waals surface area contributed by atoms with Crippen LogP contribution in [-0.4, -0.2) is 38.4 Å². The van der Waals surface area contributed by atoms with Gasteiger partial charge in [-0.05, 0) is 31.6 Å². The van der Waals surface area contributed by atoms with Crippen LogP contribution in [0.3, 0.4) is 0 Å². The molecule has 0 N–H and O–H groups in total. The highest BCUT2D eigenvalue weighted by Crippen LogP contribution is 2.30. The molecule has 4 rings (SSSR count). The Labute approximate surface area is 153 Å². The highest BCUT2D eigenvalue weighted by molar-refractivity contribution is 7.07. The second-order valence-corrected chi connectivity index (χ2v) is 8.15. The molecule has 0 unspecified atom stereocenters. The van der Waals surface area contributed by atoms with Gasteiger partial charge in [-0.2, -0.15) is 0 Å². The van der Waals surface area contributed by atoms with Crippen molar-refractivity contribution >= 4 is 17.2 Å². The molecule has 134 valence electrons. The van der Waals surface area contributed by atoms with E-state index in [1.807, 2.05) is 17.9 Å². The van der Waals surface area contributed by atoms with Gasteiger partial charge in [0.15, 0.2) is 0 Å². The van der Waals surface area contributed by atoms with Crippen molar-refractivity contribution < 1.29 is 4.79 Å². The van der Waals surface area contributed by atoms with E-state index in [9.17, 15) is 4.79 Å². The van der Waals surface area contributed by atoms with Crippen molar-refractivity contribution in [3.05, 3.63) is 34.8 Å². The van der Waals surface area contributed by atoms with Gasteiger partial charge in [-0.1, -0.05) is 12.8 Å². The van der Waals surface area contributed by atoms with Gasteiger partial charge in [0.1, 0.15) is 5.82 Å². The molecule has 2 aromatic heterocycles. The molecule has 1 saturated heterocycles. The van der Waals surface area contributed by atoms with Crippen molar-refractivity contribution in [2.24, 2.45) is 5.92 Å². The van der Waals surface area contributed by atoms with Gasteiger partial charge < -0.3 is 9.47 Å². The first-order valence-corrected chi connectivity index (χ1v) is 10.4. The molecular weight excluding hydrogens is 332 g/mol. The highest BCUT2D eigenvalue weighted by atomic mass is 32.1. The summed E-state index contributed by atoms with van der Waals surface area (Å²) in [5.41, 5.74) is 2.95. The van der Waals surface area contributed by atoms with Crippen molar-refractivity contribution in [3.63, 3.8) is 0 Å². The number of amides is 1. The molecule has 1 aliphatic heterocycles. The molecule has 1 amide bonds. The first kappa shape index (κ1) is 16.8. The average molecular weight is 359 g/mol. The van der Waals surface area contributed by atoms with E-state index in [4.69, 9.17) is 0 Å². The fourth-order valence-corrected chi connectivity index (χ4v) is 4.86. The van der Waals surface area contributed by atoms with Gasteiger partial charge >= 0.3 is 0 Å². The normalized spacial score (nSPS) is 21.8. The summed E-state index contributed by atoms with van der Waals surface area (Å²) in [5, 5.41) is 2.09. The minimum Gasteiger partial charge on any atom is -0.342 e. The number of hydrogen-bond donors (Lipinski definition) is 0. The number of carbonyl (C=O) groups excluding carboxylic acids is 1. The van der Waals surface area contributed by atoms with Gasteiger partial charge in [0.05, 0.1) is 17.7 Å². The predicted octanol–water partition coefficient (Wildman–Crippen LogP) is 3.67. The summed E-state index contributed by atoms with van der Waals surface area (Å²) in [6.07, 6.45) is 11.9. The standard InChI is InChI=1S/C19H26N4OS/c24-18(10-15-4-1-2-5-15)22-8-3-6-16(11-22)19-20-7-9-23(19)12-17-13-25-14-21-17/h7,9,13-16H,1-6,8,10-12H2/t16-/m1/s1. The predicted molar refractivity (Wildman–Crippen MR) is 98.6 cm³/mol. The molecule has 2 fully saturated rings. The van der Waals surface area contributed by atoms with Crippen molar-refractivity contribution in [2.45, 2.75) is 57.4 Å². The average Bonchev–Trinajstić information content (AvgIpc) is 3.38. The number of imidazole rings is 1. The first-order chi connectivity index (χ1) is 12.3. The molecule has 0 aromatic carbocycles. The van der Waals surface area contributed by atoms with Gasteiger partial charge in [-0.25, -0.2) is 9.97 Å². The summed E-state index contributed by atoms with van der Waals surface area (Å²) in [5.74, 6) is 2.43. The van der Waals surface area contributed by atoms with E-state index < -0.39 is 0 Å². The SMILES string of the molecule is O=C(CC1CCCC1)N1CCC[C@@H](c2nccn2Cc2cscn2)C1. The van der Waals surface area contributed by atoms with E-state index >= 15 is 0 Å². The van der Waals surface area contributed by atoms with Crippen LogP contribution in [0.15, 0.2) is 23.3 Å². The number of aromatic nitrogens is 3. The van der Waals surface area contributed by atoms with E-state index in [0.29, 0.717) is 17.7 Å². The third kappa shape index (κ3) is 3.94. The van der Waals surface area contributed by atoms with Gasteiger partial charge in [-0.3, -0.25) is 4.79 Å². The van der Waals surface area contributed by atoms with Crippen LogP contribution >= 0.6 is 11.3 Å². The van der Waals surface area contributed by atoms with Crippen LogP contribution in [0, 0.1) is 5.92 Å².